The molecule has 2 rings (SSSR count). The van der Waals surface area contributed by atoms with Gasteiger partial charge < -0.3 is 26.2 Å². The molecule has 6 heteroatoms. The summed E-state index contributed by atoms with van der Waals surface area (Å²) in [6, 6.07) is 0.868. The molecule has 0 spiro atoms. The van der Waals surface area contributed by atoms with E-state index in [1.807, 2.05) is 7.05 Å². The van der Waals surface area contributed by atoms with Crippen molar-refractivity contribution in [3.05, 3.63) is 12.4 Å². The molecule has 0 aromatic heterocycles. The molecule has 0 amide bonds. The molecule has 0 atom stereocenters. The predicted molar refractivity (Wildman–Crippen MR) is 118 cm³/mol. The van der Waals surface area contributed by atoms with Crippen LogP contribution >= 0.6 is 0 Å². The number of nitrogens with two attached hydrogens (primary N) is 1. The SMILES string of the molecule is C=C(N)NCCCCNC.CC(C)CN1CCN(C2CCN(C)CC2)CC1. The van der Waals surface area contributed by atoms with E-state index in [9.17, 15) is 0 Å². The maximum Gasteiger partial charge on any atom is 0.0885 e. The van der Waals surface area contributed by atoms with E-state index in [2.05, 4.69) is 52.8 Å². The van der Waals surface area contributed by atoms with E-state index >= 15 is 0 Å². The molecule has 4 N–H and O–H groups in total. The molecule has 0 aromatic rings. The van der Waals surface area contributed by atoms with Crippen molar-refractivity contribution in [1.82, 2.24) is 25.3 Å². The Hall–Kier alpha value is -0.820. The summed E-state index contributed by atoms with van der Waals surface area (Å²) in [5.41, 5.74) is 5.29. The van der Waals surface area contributed by atoms with E-state index in [-0.39, 0.29) is 0 Å². The number of piperazine rings is 1. The Balaban J connectivity index is 0.000000314. The van der Waals surface area contributed by atoms with Crippen LogP contribution in [0.2, 0.25) is 0 Å². The molecule has 0 saturated carbocycles. The average Bonchev–Trinajstić information content (AvgIpc) is 2.63. The first kappa shape index (κ1) is 24.2. The maximum atomic E-state index is 5.29. The lowest BCUT2D eigenvalue weighted by Gasteiger charge is -2.42. The van der Waals surface area contributed by atoms with Crippen molar-refractivity contribution in [2.24, 2.45) is 11.7 Å². The van der Waals surface area contributed by atoms with Gasteiger partial charge in [-0.15, -0.1) is 0 Å². The molecule has 6 nitrogen and oxygen atoms in total. The smallest absolute Gasteiger partial charge is 0.0885 e. The summed E-state index contributed by atoms with van der Waals surface area (Å²) >= 11 is 0. The van der Waals surface area contributed by atoms with Gasteiger partial charge in [-0.05, 0) is 65.3 Å². The van der Waals surface area contributed by atoms with Gasteiger partial charge in [0.15, 0.2) is 0 Å². The van der Waals surface area contributed by atoms with Crippen molar-refractivity contribution in [2.45, 2.75) is 45.6 Å². The Labute approximate surface area is 168 Å². The summed E-state index contributed by atoms with van der Waals surface area (Å²) in [5.74, 6) is 1.37. The lowest BCUT2D eigenvalue weighted by Crippen LogP contribution is -2.53. The van der Waals surface area contributed by atoms with Crippen molar-refractivity contribution in [3.8, 4) is 0 Å². The van der Waals surface area contributed by atoms with Gasteiger partial charge in [0.1, 0.15) is 0 Å². The molecule has 27 heavy (non-hydrogen) atoms. The van der Waals surface area contributed by atoms with Crippen molar-refractivity contribution < 1.29 is 0 Å². The second-order valence-electron chi connectivity index (χ2n) is 8.53. The first-order valence-electron chi connectivity index (χ1n) is 10.9. The Morgan fingerprint density at radius 2 is 1.63 bits per heavy atom. The van der Waals surface area contributed by atoms with Crippen LogP contribution in [-0.4, -0.2) is 93.7 Å². The van der Waals surface area contributed by atoms with Crippen LogP contribution in [-0.2, 0) is 0 Å². The van der Waals surface area contributed by atoms with Gasteiger partial charge in [-0.1, -0.05) is 20.4 Å². The highest BCUT2D eigenvalue weighted by Gasteiger charge is 2.26. The molecule has 0 radical (unpaired) electrons. The molecule has 2 saturated heterocycles. The fourth-order valence-electron chi connectivity index (χ4n) is 3.86. The maximum absolute atomic E-state index is 5.29. The molecule has 0 unspecified atom stereocenters. The van der Waals surface area contributed by atoms with Gasteiger partial charge in [-0.2, -0.15) is 0 Å². The van der Waals surface area contributed by atoms with Crippen LogP contribution in [0.25, 0.3) is 0 Å². The Morgan fingerprint density at radius 3 is 2.15 bits per heavy atom. The van der Waals surface area contributed by atoms with Crippen molar-refractivity contribution >= 4 is 0 Å². The third kappa shape index (κ3) is 11.6. The molecule has 2 fully saturated rings. The van der Waals surface area contributed by atoms with E-state index in [0.29, 0.717) is 5.82 Å². The normalized spacial score (nSPS) is 20.3. The van der Waals surface area contributed by atoms with Crippen molar-refractivity contribution in [1.29, 1.82) is 0 Å². The van der Waals surface area contributed by atoms with Crippen LogP contribution < -0.4 is 16.4 Å². The fourth-order valence-corrected chi connectivity index (χ4v) is 3.86. The summed E-state index contributed by atoms with van der Waals surface area (Å²) in [6.45, 7) is 19.2. The largest absolute Gasteiger partial charge is 0.386 e. The minimum Gasteiger partial charge on any atom is -0.386 e. The first-order chi connectivity index (χ1) is 12.9. The number of piperidine rings is 1. The van der Waals surface area contributed by atoms with Crippen LogP contribution in [0.5, 0.6) is 0 Å². The zero-order chi connectivity index (χ0) is 20.1. The van der Waals surface area contributed by atoms with Crippen LogP contribution in [0.3, 0.4) is 0 Å². The Kier molecular flexibility index (Phi) is 12.8. The third-order valence-electron chi connectivity index (χ3n) is 5.44. The van der Waals surface area contributed by atoms with E-state index in [4.69, 9.17) is 5.73 Å². The van der Waals surface area contributed by atoms with Gasteiger partial charge >= 0.3 is 0 Å². The van der Waals surface area contributed by atoms with Crippen molar-refractivity contribution in [3.63, 3.8) is 0 Å². The highest BCUT2D eigenvalue weighted by Crippen LogP contribution is 2.17. The number of nitrogens with zero attached hydrogens (tertiary/aromatic N) is 3. The first-order valence-corrected chi connectivity index (χ1v) is 10.9. The molecule has 160 valence electrons. The molecule has 2 aliphatic rings. The summed E-state index contributed by atoms with van der Waals surface area (Å²) in [4.78, 5) is 7.84. The molecule has 0 aliphatic carbocycles. The predicted octanol–water partition coefficient (Wildman–Crippen LogP) is 1.36. The topological polar surface area (TPSA) is 59.8 Å². The summed E-state index contributed by atoms with van der Waals surface area (Å²) in [5, 5.41) is 6.03. The molecule has 0 bridgehead atoms. The standard InChI is InChI=1S/C14H29N3.C7H17N3/c1-13(2)12-16-8-10-17(11-9-16)14-4-6-15(3)7-5-14;1-7(8)10-6-4-3-5-9-2/h13-14H,4-12H2,1-3H3;9-10H,1,3-6,8H2,2H3. The third-order valence-corrected chi connectivity index (χ3v) is 5.44. The van der Waals surface area contributed by atoms with Gasteiger partial charge in [-0.3, -0.25) is 4.90 Å². The number of hydrogen-bond donors (Lipinski definition) is 3. The number of rotatable bonds is 9. The summed E-state index contributed by atoms with van der Waals surface area (Å²) in [7, 11) is 4.20. The molecular weight excluding hydrogens is 336 g/mol. The summed E-state index contributed by atoms with van der Waals surface area (Å²) < 4.78 is 0. The second-order valence-corrected chi connectivity index (χ2v) is 8.53. The lowest BCUT2D eigenvalue weighted by molar-refractivity contribution is 0.0604. The quantitative estimate of drug-likeness (QED) is 0.524. The number of hydrogen-bond acceptors (Lipinski definition) is 6. The summed E-state index contributed by atoms with van der Waals surface area (Å²) in [6.07, 6.45) is 5.06. The fraction of sp³-hybridized carbons (Fsp3) is 0.905. The minimum atomic E-state index is 0.560. The Bertz CT molecular complexity index is 371. The van der Waals surface area contributed by atoms with E-state index < -0.39 is 0 Å². The van der Waals surface area contributed by atoms with Crippen LogP contribution in [0.4, 0.5) is 0 Å². The van der Waals surface area contributed by atoms with Crippen LogP contribution in [0.15, 0.2) is 12.4 Å². The van der Waals surface area contributed by atoms with Gasteiger partial charge in [0.2, 0.25) is 0 Å². The molecular formula is C21H46N6. The number of likely N-dealkylation sites (tertiary alicyclic amines) is 1. The van der Waals surface area contributed by atoms with Crippen LogP contribution in [0.1, 0.15) is 39.5 Å². The average molecular weight is 383 g/mol. The van der Waals surface area contributed by atoms with E-state index in [1.54, 1.807) is 0 Å². The van der Waals surface area contributed by atoms with Gasteiger partial charge in [0, 0.05) is 45.3 Å². The monoisotopic (exact) mass is 382 g/mol. The molecule has 2 aliphatic heterocycles. The van der Waals surface area contributed by atoms with Gasteiger partial charge in [-0.25, -0.2) is 0 Å². The van der Waals surface area contributed by atoms with E-state index in [0.717, 1.165) is 31.5 Å². The van der Waals surface area contributed by atoms with Gasteiger partial charge in [0.05, 0.1) is 5.82 Å². The minimum absolute atomic E-state index is 0.560. The van der Waals surface area contributed by atoms with E-state index in [1.165, 1.54) is 65.1 Å². The zero-order valence-corrected chi connectivity index (χ0v) is 18.5. The van der Waals surface area contributed by atoms with Crippen LogP contribution in [0, 0.1) is 5.92 Å². The van der Waals surface area contributed by atoms with Gasteiger partial charge in [0.25, 0.3) is 0 Å². The molecule has 2 heterocycles. The highest BCUT2D eigenvalue weighted by atomic mass is 15.3. The number of nitrogens with one attached hydrogen (secondary N) is 2. The van der Waals surface area contributed by atoms with Crippen molar-refractivity contribution in [2.75, 3.05) is 73.0 Å². The zero-order valence-electron chi connectivity index (χ0n) is 18.5. The molecule has 0 aromatic carbocycles. The Morgan fingerprint density at radius 1 is 1.04 bits per heavy atom. The lowest BCUT2D eigenvalue weighted by atomic mass is 10.0. The second kappa shape index (κ2) is 14.2. The highest BCUT2D eigenvalue weighted by molar-refractivity contribution is 4.83. The number of unbranched alkanes of at least 4 members (excludes halogenated alkanes) is 1.